The zero-order chi connectivity index (χ0) is 7.40. The van der Waals surface area contributed by atoms with Crippen LogP contribution in [0.15, 0.2) is 0 Å². The number of hydrogen-bond acceptors (Lipinski definition) is 4. The average Bonchev–Trinajstić information content (AvgIpc) is 2.31. The standard InChI is InChI=1S/C4H11N5O/c1-5-2-3-9-4(10)6-7-8-9/h5,7-8H,2-3H2,1H3,(H,6,10). The van der Waals surface area contributed by atoms with E-state index in [2.05, 4.69) is 21.8 Å². The quantitative estimate of drug-likeness (QED) is 0.376. The van der Waals surface area contributed by atoms with Crippen molar-refractivity contribution in [3.8, 4) is 0 Å². The Labute approximate surface area is 58.9 Å². The van der Waals surface area contributed by atoms with E-state index in [0.717, 1.165) is 6.54 Å². The molecule has 0 aliphatic carbocycles. The van der Waals surface area contributed by atoms with Crippen molar-refractivity contribution >= 4 is 6.03 Å². The van der Waals surface area contributed by atoms with Crippen LogP contribution < -0.4 is 21.8 Å². The summed E-state index contributed by atoms with van der Waals surface area (Å²) in [5, 5.41) is 4.37. The van der Waals surface area contributed by atoms with Crippen molar-refractivity contribution in [2.24, 2.45) is 0 Å². The first-order valence-corrected chi connectivity index (χ1v) is 3.07. The van der Waals surface area contributed by atoms with Crippen LogP contribution >= 0.6 is 0 Å². The fraction of sp³-hybridized carbons (Fsp3) is 0.750. The second-order valence-electron chi connectivity index (χ2n) is 1.92. The molecule has 2 amide bonds. The molecule has 6 heteroatoms. The number of likely N-dealkylation sites (N-methyl/N-ethyl adjacent to an activating group) is 1. The summed E-state index contributed by atoms with van der Waals surface area (Å²) in [6.45, 7) is 1.40. The summed E-state index contributed by atoms with van der Waals surface area (Å²) >= 11 is 0. The Hall–Kier alpha value is -0.850. The van der Waals surface area contributed by atoms with Crippen LogP contribution in [0, 0.1) is 0 Å². The molecule has 0 unspecified atom stereocenters. The minimum absolute atomic E-state index is 0.157. The van der Waals surface area contributed by atoms with Gasteiger partial charge in [-0.3, -0.25) is 5.43 Å². The average molecular weight is 145 g/mol. The number of hydrogen-bond donors (Lipinski definition) is 4. The number of amides is 2. The van der Waals surface area contributed by atoms with Gasteiger partial charge in [0.2, 0.25) is 0 Å². The van der Waals surface area contributed by atoms with Gasteiger partial charge in [0.25, 0.3) is 0 Å². The van der Waals surface area contributed by atoms with Gasteiger partial charge in [0, 0.05) is 6.54 Å². The molecule has 10 heavy (non-hydrogen) atoms. The molecular weight excluding hydrogens is 134 g/mol. The molecule has 0 spiro atoms. The number of rotatable bonds is 3. The lowest BCUT2D eigenvalue weighted by atomic mass is 10.6. The third-order valence-corrected chi connectivity index (χ3v) is 1.19. The first kappa shape index (κ1) is 7.26. The monoisotopic (exact) mass is 145 g/mol. The largest absolute Gasteiger partial charge is 0.348 e. The third-order valence-electron chi connectivity index (χ3n) is 1.19. The van der Waals surface area contributed by atoms with Crippen molar-refractivity contribution in [1.82, 2.24) is 26.8 Å². The van der Waals surface area contributed by atoms with Crippen molar-refractivity contribution < 1.29 is 4.79 Å². The number of urea groups is 1. The number of nitrogens with zero attached hydrogens (tertiary/aromatic N) is 1. The van der Waals surface area contributed by atoms with Gasteiger partial charge < -0.3 is 5.32 Å². The van der Waals surface area contributed by atoms with E-state index in [1.807, 2.05) is 7.05 Å². The molecular formula is C4H11N5O. The van der Waals surface area contributed by atoms with Gasteiger partial charge in [0.15, 0.2) is 0 Å². The molecule has 1 saturated heterocycles. The lowest BCUT2D eigenvalue weighted by molar-refractivity contribution is 0.198. The molecule has 0 atom stereocenters. The van der Waals surface area contributed by atoms with Crippen LogP contribution in [0.2, 0.25) is 0 Å². The van der Waals surface area contributed by atoms with E-state index in [0.29, 0.717) is 6.54 Å². The lowest BCUT2D eigenvalue weighted by Crippen LogP contribution is -2.41. The van der Waals surface area contributed by atoms with Crippen LogP contribution in [0.5, 0.6) is 0 Å². The molecule has 58 valence electrons. The summed E-state index contributed by atoms with van der Waals surface area (Å²) in [6, 6.07) is -0.157. The summed E-state index contributed by atoms with van der Waals surface area (Å²) in [4.78, 5) is 10.7. The number of nitrogens with one attached hydrogen (secondary N) is 4. The van der Waals surface area contributed by atoms with Crippen LogP contribution in [0.4, 0.5) is 4.79 Å². The van der Waals surface area contributed by atoms with Gasteiger partial charge in [0.05, 0.1) is 6.54 Å². The molecule has 1 heterocycles. The highest BCUT2D eigenvalue weighted by Gasteiger charge is 2.16. The summed E-state index contributed by atoms with van der Waals surface area (Å²) in [5.74, 6) is 0. The predicted octanol–water partition coefficient (Wildman–Crippen LogP) is -1.84. The van der Waals surface area contributed by atoms with Crippen molar-refractivity contribution in [1.29, 1.82) is 0 Å². The van der Waals surface area contributed by atoms with E-state index in [1.54, 1.807) is 0 Å². The van der Waals surface area contributed by atoms with E-state index in [4.69, 9.17) is 0 Å². The second kappa shape index (κ2) is 3.35. The predicted molar refractivity (Wildman–Crippen MR) is 35.4 cm³/mol. The van der Waals surface area contributed by atoms with Gasteiger partial charge in [-0.2, -0.15) is 0 Å². The molecule has 0 saturated carbocycles. The molecule has 1 aliphatic heterocycles. The second-order valence-corrected chi connectivity index (χ2v) is 1.92. The molecule has 4 N–H and O–H groups in total. The van der Waals surface area contributed by atoms with E-state index in [1.165, 1.54) is 5.01 Å². The van der Waals surface area contributed by atoms with E-state index in [-0.39, 0.29) is 6.03 Å². The van der Waals surface area contributed by atoms with Gasteiger partial charge in [-0.1, -0.05) is 0 Å². The summed E-state index contributed by atoms with van der Waals surface area (Å²) in [5.41, 5.74) is 7.48. The van der Waals surface area contributed by atoms with Gasteiger partial charge >= 0.3 is 6.03 Å². The Balaban J connectivity index is 2.20. The summed E-state index contributed by atoms with van der Waals surface area (Å²) in [7, 11) is 1.83. The van der Waals surface area contributed by atoms with Gasteiger partial charge in [-0.05, 0) is 7.05 Å². The van der Waals surface area contributed by atoms with Crippen molar-refractivity contribution in [2.75, 3.05) is 20.1 Å². The SMILES string of the molecule is CNCCN1NNNC1=O. The van der Waals surface area contributed by atoms with E-state index in [9.17, 15) is 4.79 Å². The molecule has 1 fully saturated rings. The topological polar surface area (TPSA) is 68.4 Å². The van der Waals surface area contributed by atoms with Crippen LogP contribution in [0.1, 0.15) is 0 Å². The Morgan fingerprint density at radius 1 is 1.70 bits per heavy atom. The highest BCUT2D eigenvalue weighted by atomic mass is 16.2. The maximum Gasteiger partial charge on any atom is 0.348 e. The Morgan fingerprint density at radius 3 is 3.00 bits per heavy atom. The Morgan fingerprint density at radius 2 is 2.50 bits per heavy atom. The maximum absolute atomic E-state index is 10.7. The summed E-state index contributed by atoms with van der Waals surface area (Å²) < 4.78 is 0. The molecule has 0 radical (unpaired) electrons. The number of hydrazine groups is 3. The molecule has 0 aromatic heterocycles. The highest BCUT2D eigenvalue weighted by Crippen LogP contribution is 1.83. The zero-order valence-electron chi connectivity index (χ0n) is 5.77. The Bertz CT molecular complexity index is 127. The van der Waals surface area contributed by atoms with E-state index < -0.39 is 0 Å². The lowest BCUT2D eigenvalue weighted by Gasteiger charge is -2.11. The van der Waals surface area contributed by atoms with Crippen LogP contribution in [0.25, 0.3) is 0 Å². The fourth-order valence-electron chi connectivity index (χ4n) is 0.648. The normalized spacial score (nSPS) is 17.7. The van der Waals surface area contributed by atoms with Crippen LogP contribution in [-0.4, -0.2) is 31.2 Å². The molecule has 1 aliphatic rings. The molecule has 1 rings (SSSR count). The number of carbonyl (C=O) groups excluding carboxylic acids is 1. The summed E-state index contributed by atoms with van der Waals surface area (Å²) in [6.07, 6.45) is 0. The van der Waals surface area contributed by atoms with Crippen molar-refractivity contribution in [2.45, 2.75) is 0 Å². The molecule has 0 aromatic rings. The molecule has 6 nitrogen and oxygen atoms in total. The molecule has 0 bridgehead atoms. The van der Waals surface area contributed by atoms with Crippen LogP contribution in [0.3, 0.4) is 0 Å². The minimum Gasteiger partial charge on any atom is -0.318 e. The van der Waals surface area contributed by atoms with Crippen LogP contribution in [-0.2, 0) is 0 Å². The first-order chi connectivity index (χ1) is 4.84. The smallest absolute Gasteiger partial charge is 0.318 e. The van der Waals surface area contributed by atoms with E-state index >= 15 is 0 Å². The Kier molecular flexibility index (Phi) is 2.43. The first-order valence-electron chi connectivity index (χ1n) is 3.07. The highest BCUT2D eigenvalue weighted by molar-refractivity contribution is 5.74. The van der Waals surface area contributed by atoms with Gasteiger partial charge in [-0.25, -0.2) is 9.80 Å². The number of carbonyl (C=O) groups is 1. The van der Waals surface area contributed by atoms with Gasteiger partial charge in [-0.15, -0.1) is 11.1 Å². The van der Waals surface area contributed by atoms with Crippen molar-refractivity contribution in [3.05, 3.63) is 0 Å². The molecule has 0 aromatic carbocycles. The third kappa shape index (κ3) is 1.56. The van der Waals surface area contributed by atoms with Gasteiger partial charge in [0.1, 0.15) is 0 Å². The zero-order valence-corrected chi connectivity index (χ0v) is 5.77. The minimum atomic E-state index is -0.157. The van der Waals surface area contributed by atoms with Crippen molar-refractivity contribution in [3.63, 3.8) is 0 Å². The maximum atomic E-state index is 10.7. The fourth-order valence-corrected chi connectivity index (χ4v) is 0.648.